The van der Waals surface area contributed by atoms with E-state index in [1.165, 1.54) is 77.0 Å². The summed E-state index contributed by atoms with van der Waals surface area (Å²) >= 11 is 9.38. The molecule has 0 fully saturated rings. The molecule has 0 N–H and O–H groups in total. The van der Waals surface area contributed by atoms with Crippen molar-refractivity contribution in [3.63, 3.8) is 0 Å². The first-order valence-corrected chi connectivity index (χ1v) is 16.7. The van der Waals surface area contributed by atoms with Gasteiger partial charge < -0.3 is 9.47 Å². The van der Waals surface area contributed by atoms with Crippen molar-refractivity contribution in [3.8, 4) is 0 Å². The summed E-state index contributed by atoms with van der Waals surface area (Å²) in [6.45, 7) is 16.7. The first-order chi connectivity index (χ1) is 18.4. The van der Waals surface area contributed by atoms with Gasteiger partial charge in [-0.1, -0.05) is 170 Å². The van der Waals surface area contributed by atoms with Crippen LogP contribution in [-0.2, 0) is 19.1 Å². The molecule has 0 aromatic carbocycles. The minimum absolute atomic E-state index is 0. The summed E-state index contributed by atoms with van der Waals surface area (Å²) in [4.78, 5) is 22.1. The van der Waals surface area contributed by atoms with E-state index in [2.05, 4.69) is 66.8 Å². The second kappa shape index (κ2) is 51.2. The molecule has 7 heteroatoms. The quantitative estimate of drug-likeness (QED) is 0.0643. The first-order valence-electron chi connectivity index (χ1n) is 15.5. The summed E-state index contributed by atoms with van der Waals surface area (Å²) in [6.07, 6.45) is 22.9. The first kappa shape index (κ1) is 49.1. The van der Waals surface area contributed by atoms with Crippen molar-refractivity contribution in [3.05, 3.63) is 13.8 Å². The summed E-state index contributed by atoms with van der Waals surface area (Å²) in [5.41, 5.74) is 0. The van der Waals surface area contributed by atoms with Crippen LogP contribution in [0, 0.1) is 13.8 Å². The zero-order valence-electron chi connectivity index (χ0n) is 26.3. The molecule has 0 heterocycles. The van der Waals surface area contributed by atoms with Crippen LogP contribution in [0.4, 0.5) is 0 Å². The molecular formula is C32H64O4S2Sn. The summed E-state index contributed by atoms with van der Waals surface area (Å²) < 4.78 is 9.79. The molecule has 0 aromatic heterocycles. The van der Waals surface area contributed by atoms with Gasteiger partial charge in [-0.05, 0) is 12.8 Å². The van der Waals surface area contributed by atoms with Crippen LogP contribution in [0.15, 0.2) is 0 Å². The average molecular weight is 696 g/mol. The van der Waals surface area contributed by atoms with Gasteiger partial charge in [-0.25, -0.2) is 0 Å². The fraction of sp³-hybridized carbons (Fsp3) is 0.875. The predicted octanol–water partition coefficient (Wildman–Crippen LogP) is 10.6. The minimum atomic E-state index is -0.0894. The molecule has 0 aromatic rings. The Morgan fingerprint density at radius 3 is 1.00 bits per heavy atom. The molecule has 39 heavy (non-hydrogen) atoms. The molecule has 0 saturated heterocycles. The fourth-order valence-electron chi connectivity index (χ4n) is 2.91. The number of rotatable bonds is 22. The van der Waals surface area contributed by atoms with E-state index in [0.29, 0.717) is 37.6 Å². The number of hydrogen-bond acceptors (Lipinski definition) is 4. The van der Waals surface area contributed by atoms with Gasteiger partial charge in [0.05, 0.1) is 0 Å². The van der Waals surface area contributed by atoms with Crippen molar-refractivity contribution in [2.24, 2.45) is 0 Å². The van der Waals surface area contributed by atoms with Crippen LogP contribution in [-0.4, -0.2) is 60.6 Å². The van der Waals surface area contributed by atoms with Gasteiger partial charge in [-0.2, -0.15) is 0 Å². The summed E-state index contributed by atoms with van der Waals surface area (Å²) in [5, 5.41) is 0. The van der Waals surface area contributed by atoms with Gasteiger partial charge in [0.1, 0.15) is 13.2 Å². The van der Waals surface area contributed by atoms with E-state index in [4.69, 9.17) is 9.47 Å². The molecule has 8 radical (unpaired) electrons. The molecule has 0 spiro atoms. The van der Waals surface area contributed by atoms with Crippen molar-refractivity contribution in [2.75, 3.05) is 24.7 Å². The fourth-order valence-corrected chi connectivity index (χ4v) is 3.07. The van der Waals surface area contributed by atoms with Gasteiger partial charge in [0.2, 0.25) is 0 Å². The number of carbonyl (C=O) groups excluding carboxylic acids is 2. The van der Waals surface area contributed by atoms with Gasteiger partial charge in [-0.3, -0.25) is 9.59 Å². The van der Waals surface area contributed by atoms with Crippen LogP contribution in [0.5, 0.6) is 0 Å². The SMILES string of the molecule is CCCCCCCCCC(=O)OCC[S].CCCCCCCCCC(=O)OCC[S].[CH2]CCC.[CH2]CCC.[Sn]. The van der Waals surface area contributed by atoms with Crippen molar-refractivity contribution in [1.82, 2.24) is 0 Å². The van der Waals surface area contributed by atoms with Crippen LogP contribution in [0.25, 0.3) is 0 Å². The summed E-state index contributed by atoms with van der Waals surface area (Å²) in [7, 11) is 0. The number of hydrogen-bond donors (Lipinski definition) is 0. The Morgan fingerprint density at radius 1 is 0.513 bits per heavy atom. The number of esters is 2. The van der Waals surface area contributed by atoms with Crippen LogP contribution in [0.3, 0.4) is 0 Å². The van der Waals surface area contributed by atoms with E-state index in [1.54, 1.807) is 0 Å². The van der Waals surface area contributed by atoms with Crippen LogP contribution in [0.2, 0.25) is 0 Å². The zero-order chi connectivity index (χ0) is 29.5. The second-order valence-corrected chi connectivity index (χ2v) is 10.1. The maximum absolute atomic E-state index is 11.1. The van der Waals surface area contributed by atoms with Crippen LogP contribution >= 0.6 is 25.3 Å². The molecule has 0 aliphatic heterocycles. The van der Waals surface area contributed by atoms with Gasteiger partial charge in [0.15, 0.2) is 0 Å². The Morgan fingerprint density at radius 2 is 0.769 bits per heavy atom. The third kappa shape index (κ3) is 63.1. The Balaban J connectivity index is -0.000000152. The summed E-state index contributed by atoms with van der Waals surface area (Å²) in [5.74, 6) is 0.827. The Bertz CT molecular complexity index is 385. The monoisotopic (exact) mass is 696 g/mol. The maximum atomic E-state index is 11.1. The minimum Gasteiger partial charge on any atom is -0.465 e. The molecule has 0 unspecified atom stereocenters. The van der Waals surface area contributed by atoms with Crippen molar-refractivity contribution < 1.29 is 19.1 Å². The Kier molecular flexibility index (Phi) is 64.5. The maximum Gasteiger partial charge on any atom is 0.305 e. The molecule has 0 atom stereocenters. The molecule has 4 nitrogen and oxygen atoms in total. The van der Waals surface area contributed by atoms with Gasteiger partial charge in [-0.15, -0.1) is 0 Å². The number of carbonyl (C=O) groups is 2. The molecule has 0 rings (SSSR count). The third-order valence-corrected chi connectivity index (χ3v) is 5.70. The van der Waals surface area contributed by atoms with E-state index in [0.717, 1.165) is 38.5 Å². The van der Waals surface area contributed by atoms with Crippen LogP contribution in [0.1, 0.15) is 156 Å². The van der Waals surface area contributed by atoms with E-state index in [1.807, 2.05) is 0 Å². The normalized spacial score (nSPS) is 9.44. The molecule has 0 aliphatic carbocycles. The van der Waals surface area contributed by atoms with Crippen LogP contribution < -0.4 is 0 Å². The van der Waals surface area contributed by atoms with E-state index in [9.17, 15) is 9.59 Å². The van der Waals surface area contributed by atoms with E-state index in [-0.39, 0.29) is 35.8 Å². The molecule has 0 amide bonds. The zero-order valence-corrected chi connectivity index (χ0v) is 30.8. The molecule has 0 aliphatic rings. The third-order valence-electron chi connectivity index (χ3n) is 5.37. The Labute approximate surface area is 273 Å². The van der Waals surface area contributed by atoms with E-state index < -0.39 is 0 Å². The van der Waals surface area contributed by atoms with Gasteiger partial charge in [0.25, 0.3) is 0 Å². The van der Waals surface area contributed by atoms with E-state index >= 15 is 0 Å². The molecule has 0 bridgehead atoms. The number of ether oxygens (including phenoxy) is 2. The summed E-state index contributed by atoms with van der Waals surface area (Å²) in [6, 6.07) is 0. The molecule has 0 saturated carbocycles. The number of unbranched alkanes of at least 4 members (excludes halogenated alkanes) is 14. The standard InChI is InChI=1S/2C12H23O2S.2C4H9.Sn/c2*1-2-3-4-5-6-7-8-9-12(13)14-10-11-15;2*1-3-4-2;/h2*2-11H2,1H3;2*1,3-4H2,2H3;. The van der Waals surface area contributed by atoms with Gasteiger partial charge in [0, 0.05) is 48.3 Å². The van der Waals surface area contributed by atoms with Gasteiger partial charge >= 0.3 is 11.9 Å². The smallest absolute Gasteiger partial charge is 0.305 e. The van der Waals surface area contributed by atoms with Crippen molar-refractivity contribution in [1.29, 1.82) is 0 Å². The largest absolute Gasteiger partial charge is 0.465 e. The second-order valence-electron chi connectivity index (χ2n) is 9.30. The Hall–Kier alpha value is 0.439. The predicted molar refractivity (Wildman–Crippen MR) is 178 cm³/mol. The molecule has 232 valence electrons. The van der Waals surface area contributed by atoms with Crippen molar-refractivity contribution in [2.45, 2.75) is 156 Å². The average Bonchev–Trinajstić information content (AvgIpc) is 2.94. The van der Waals surface area contributed by atoms with Crippen molar-refractivity contribution >= 4 is 61.1 Å². The topological polar surface area (TPSA) is 52.6 Å². The molecular weight excluding hydrogens is 631 g/mol.